The van der Waals surface area contributed by atoms with Crippen LogP contribution in [0.2, 0.25) is 0 Å². The van der Waals surface area contributed by atoms with E-state index in [1.165, 1.54) is 43.4 Å². The van der Waals surface area contributed by atoms with Gasteiger partial charge in [-0.05, 0) is 55.9 Å². The average Bonchev–Trinajstić information content (AvgIpc) is 2.55. The Morgan fingerprint density at radius 1 is 0.667 bits per heavy atom. The number of allylic oxidation sites excluding steroid dienone is 1. The van der Waals surface area contributed by atoms with Gasteiger partial charge in [0.1, 0.15) is 0 Å². The van der Waals surface area contributed by atoms with Gasteiger partial charge < -0.3 is 0 Å². The third-order valence-electron chi connectivity index (χ3n) is 4.64. The molecule has 0 radical (unpaired) electrons. The minimum absolute atomic E-state index is 1.05. The van der Waals surface area contributed by atoms with E-state index < -0.39 is 0 Å². The second-order valence-electron chi connectivity index (χ2n) is 5.79. The van der Waals surface area contributed by atoms with Crippen LogP contribution in [-0.2, 0) is 6.42 Å². The summed E-state index contributed by atoms with van der Waals surface area (Å²) in [5, 5.41) is 8.17. The zero-order valence-corrected chi connectivity index (χ0v) is 11.6. The third kappa shape index (κ3) is 1.45. The molecule has 0 saturated carbocycles. The molecule has 0 aromatic heterocycles. The lowest BCUT2D eigenvalue weighted by molar-refractivity contribution is 1.30. The summed E-state index contributed by atoms with van der Waals surface area (Å²) >= 11 is 0. The molecule has 0 atom stereocenters. The molecule has 4 aromatic rings. The molecule has 4 aromatic carbocycles. The van der Waals surface area contributed by atoms with Crippen LogP contribution in [0.3, 0.4) is 0 Å². The molecule has 0 aliphatic heterocycles. The Labute approximate surface area is 123 Å². The number of rotatable bonds is 0. The zero-order chi connectivity index (χ0) is 13.8. The monoisotopic (exact) mass is 266 g/mol. The molecule has 0 saturated heterocycles. The van der Waals surface area contributed by atoms with Crippen molar-refractivity contribution in [3.8, 4) is 0 Å². The van der Waals surface area contributed by atoms with E-state index in [9.17, 15) is 0 Å². The van der Waals surface area contributed by atoms with Gasteiger partial charge in [-0.1, -0.05) is 66.7 Å². The summed E-state index contributed by atoms with van der Waals surface area (Å²) in [4.78, 5) is 0. The molecule has 0 amide bonds. The Hall–Kier alpha value is -2.60. The fourth-order valence-corrected chi connectivity index (χ4v) is 3.69. The molecule has 0 heterocycles. The second-order valence-corrected chi connectivity index (χ2v) is 5.79. The van der Waals surface area contributed by atoms with E-state index in [0.29, 0.717) is 0 Å². The molecule has 5 rings (SSSR count). The Kier molecular flexibility index (Phi) is 2.09. The maximum absolute atomic E-state index is 2.36. The first kappa shape index (κ1) is 11.1. The molecule has 0 N–H and O–H groups in total. The van der Waals surface area contributed by atoms with E-state index in [0.717, 1.165) is 6.42 Å². The van der Waals surface area contributed by atoms with Gasteiger partial charge in [0.05, 0.1) is 0 Å². The number of fused-ring (bicyclic) bond motifs is 4. The van der Waals surface area contributed by atoms with E-state index in [-0.39, 0.29) is 0 Å². The Balaban J connectivity index is 2.11. The summed E-state index contributed by atoms with van der Waals surface area (Å²) in [6, 6.07) is 22.2. The van der Waals surface area contributed by atoms with Gasteiger partial charge in [0.25, 0.3) is 0 Å². The van der Waals surface area contributed by atoms with Gasteiger partial charge in [0.2, 0.25) is 0 Å². The predicted molar refractivity (Wildman–Crippen MR) is 91.7 cm³/mol. The summed E-state index contributed by atoms with van der Waals surface area (Å²) in [7, 11) is 0. The van der Waals surface area contributed by atoms with Gasteiger partial charge >= 0.3 is 0 Å². The van der Waals surface area contributed by atoms with Crippen LogP contribution in [0.25, 0.3) is 38.4 Å². The first-order chi connectivity index (χ1) is 10.4. The van der Waals surface area contributed by atoms with Crippen molar-refractivity contribution in [2.24, 2.45) is 0 Å². The minimum atomic E-state index is 1.05. The Morgan fingerprint density at radius 2 is 1.57 bits per heavy atom. The highest BCUT2D eigenvalue weighted by atomic mass is 14.2. The summed E-state index contributed by atoms with van der Waals surface area (Å²) < 4.78 is 0. The molecule has 21 heavy (non-hydrogen) atoms. The molecule has 0 spiro atoms. The van der Waals surface area contributed by atoms with Crippen molar-refractivity contribution in [2.75, 3.05) is 0 Å². The average molecular weight is 266 g/mol. The lowest BCUT2D eigenvalue weighted by Crippen LogP contribution is -1.94. The molecule has 0 heteroatoms. The first-order valence-electron chi connectivity index (χ1n) is 7.44. The minimum Gasteiger partial charge on any atom is -0.0795 e. The van der Waals surface area contributed by atoms with Crippen LogP contribution in [0, 0.1) is 0 Å². The van der Waals surface area contributed by atoms with Crippen LogP contribution in [0.15, 0.2) is 66.7 Å². The largest absolute Gasteiger partial charge is 0.0795 e. The lowest BCUT2D eigenvalue weighted by Gasteiger charge is -2.16. The van der Waals surface area contributed by atoms with Crippen molar-refractivity contribution in [1.29, 1.82) is 0 Å². The van der Waals surface area contributed by atoms with Crippen LogP contribution >= 0.6 is 0 Å². The lowest BCUT2D eigenvalue weighted by atomic mass is 9.88. The van der Waals surface area contributed by atoms with E-state index in [2.05, 4.69) is 72.8 Å². The normalized spacial score (nSPS) is 13.3. The zero-order valence-electron chi connectivity index (χ0n) is 11.6. The van der Waals surface area contributed by atoms with Crippen LogP contribution < -0.4 is 0 Å². The van der Waals surface area contributed by atoms with E-state index in [4.69, 9.17) is 0 Å². The third-order valence-corrected chi connectivity index (χ3v) is 4.64. The van der Waals surface area contributed by atoms with Gasteiger partial charge in [-0.25, -0.2) is 0 Å². The maximum atomic E-state index is 2.36. The molecule has 98 valence electrons. The molecule has 1 aliphatic rings. The van der Waals surface area contributed by atoms with Gasteiger partial charge in [0, 0.05) is 0 Å². The number of benzene rings is 4. The topological polar surface area (TPSA) is 0 Å². The van der Waals surface area contributed by atoms with Crippen LogP contribution in [-0.4, -0.2) is 0 Å². The van der Waals surface area contributed by atoms with Gasteiger partial charge in [0.15, 0.2) is 0 Å². The predicted octanol–water partition coefficient (Wildman–Crippen LogP) is 5.72. The van der Waals surface area contributed by atoms with E-state index >= 15 is 0 Å². The summed E-state index contributed by atoms with van der Waals surface area (Å²) in [5.74, 6) is 0. The number of hydrogen-bond donors (Lipinski definition) is 0. The summed E-state index contributed by atoms with van der Waals surface area (Å²) in [5.41, 5.74) is 2.83. The highest BCUT2D eigenvalue weighted by molar-refractivity contribution is 6.17. The fourth-order valence-electron chi connectivity index (χ4n) is 3.69. The van der Waals surface area contributed by atoms with Crippen molar-refractivity contribution in [1.82, 2.24) is 0 Å². The Bertz CT molecular complexity index is 1050. The molecule has 0 unspecified atom stereocenters. The number of hydrogen-bond acceptors (Lipinski definition) is 0. The molecule has 0 fully saturated rings. The van der Waals surface area contributed by atoms with Gasteiger partial charge in [-0.3, -0.25) is 0 Å². The fraction of sp³-hybridized carbons (Fsp3) is 0.0476. The molecular weight excluding hydrogens is 252 g/mol. The maximum Gasteiger partial charge on any atom is -0.00698 e. The van der Waals surface area contributed by atoms with Gasteiger partial charge in [-0.2, -0.15) is 0 Å². The molecule has 1 aliphatic carbocycles. The van der Waals surface area contributed by atoms with Crippen molar-refractivity contribution < 1.29 is 0 Å². The standard InChI is InChI=1S/C21H14/c1-2-9-17-14(5-1)11-12-18-19-10-4-7-15-6-3-8-16(21(15)19)13-20(17)18/h1-6,8-13H,7H2. The summed E-state index contributed by atoms with van der Waals surface area (Å²) in [6.45, 7) is 0. The molecule has 0 bridgehead atoms. The van der Waals surface area contributed by atoms with Crippen molar-refractivity contribution in [3.05, 3.63) is 77.9 Å². The molecule has 0 nitrogen and oxygen atoms in total. The van der Waals surface area contributed by atoms with E-state index in [1.807, 2.05) is 0 Å². The van der Waals surface area contributed by atoms with Crippen molar-refractivity contribution >= 4 is 38.4 Å². The van der Waals surface area contributed by atoms with Crippen LogP contribution in [0.4, 0.5) is 0 Å². The summed E-state index contributed by atoms with van der Waals surface area (Å²) in [6.07, 6.45) is 5.63. The highest BCUT2D eigenvalue weighted by Gasteiger charge is 2.13. The van der Waals surface area contributed by atoms with Crippen molar-refractivity contribution in [2.45, 2.75) is 6.42 Å². The quantitative estimate of drug-likeness (QED) is 0.282. The smallest absolute Gasteiger partial charge is 0.00698 e. The second kappa shape index (κ2) is 3.95. The molecular formula is C21H14. The van der Waals surface area contributed by atoms with Crippen LogP contribution in [0.5, 0.6) is 0 Å². The Morgan fingerprint density at radius 3 is 2.57 bits per heavy atom. The van der Waals surface area contributed by atoms with Gasteiger partial charge in [-0.15, -0.1) is 0 Å². The SMILES string of the molecule is C1=Cc2c3ccc4ccccc4c3cc3cccc(c23)C1. The van der Waals surface area contributed by atoms with Crippen LogP contribution in [0.1, 0.15) is 11.1 Å². The highest BCUT2D eigenvalue weighted by Crippen LogP contribution is 2.37. The van der Waals surface area contributed by atoms with Crippen molar-refractivity contribution in [3.63, 3.8) is 0 Å². The van der Waals surface area contributed by atoms with E-state index in [1.54, 1.807) is 0 Å². The first-order valence-corrected chi connectivity index (χ1v) is 7.44.